The summed E-state index contributed by atoms with van der Waals surface area (Å²) in [5, 5.41) is 9.01. The number of methoxy groups -OCH3 is 1. The molecule has 1 aliphatic carbocycles. The van der Waals surface area contributed by atoms with E-state index in [9.17, 15) is 4.79 Å². The van der Waals surface area contributed by atoms with Gasteiger partial charge in [0, 0.05) is 13.7 Å². The summed E-state index contributed by atoms with van der Waals surface area (Å²) in [4.78, 5) is 10.9. The molecule has 0 aromatic heterocycles. The Morgan fingerprint density at radius 1 is 1.39 bits per heavy atom. The van der Waals surface area contributed by atoms with Gasteiger partial charge in [0.25, 0.3) is 0 Å². The quantitative estimate of drug-likeness (QED) is 0.839. The monoisotopic (exact) mass is 246 g/mol. The van der Waals surface area contributed by atoms with Crippen molar-refractivity contribution < 1.29 is 14.6 Å². The molecular weight excluding hydrogens is 228 g/mol. The van der Waals surface area contributed by atoms with Crippen molar-refractivity contribution >= 4 is 12.0 Å². The lowest BCUT2D eigenvalue weighted by molar-refractivity contribution is -0.138. The SMILES string of the molecule is COCC/C(=C\c1ccccc1)C1CC1C(=O)O. The van der Waals surface area contributed by atoms with Gasteiger partial charge in [-0.25, -0.2) is 0 Å². The smallest absolute Gasteiger partial charge is 0.307 e. The van der Waals surface area contributed by atoms with Crippen LogP contribution < -0.4 is 0 Å². The maximum absolute atomic E-state index is 10.9. The van der Waals surface area contributed by atoms with Gasteiger partial charge in [-0.3, -0.25) is 4.79 Å². The minimum atomic E-state index is -0.684. The summed E-state index contributed by atoms with van der Waals surface area (Å²) >= 11 is 0. The molecule has 3 heteroatoms. The third-order valence-corrected chi connectivity index (χ3v) is 3.33. The van der Waals surface area contributed by atoms with Gasteiger partial charge in [0.2, 0.25) is 0 Å². The van der Waals surface area contributed by atoms with Gasteiger partial charge in [-0.05, 0) is 24.3 Å². The van der Waals surface area contributed by atoms with Crippen LogP contribution in [0, 0.1) is 11.8 Å². The van der Waals surface area contributed by atoms with Crippen molar-refractivity contribution in [1.82, 2.24) is 0 Å². The van der Waals surface area contributed by atoms with Crippen molar-refractivity contribution in [3.63, 3.8) is 0 Å². The van der Waals surface area contributed by atoms with Gasteiger partial charge in [0.15, 0.2) is 0 Å². The predicted octanol–water partition coefficient (Wildman–Crippen LogP) is 2.83. The Kier molecular flexibility index (Phi) is 4.15. The molecule has 0 heterocycles. The first-order valence-electron chi connectivity index (χ1n) is 6.19. The number of aliphatic carboxylic acids is 1. The molecule has 0 aliphatic heterocycles. The van der Waals surface area contributed by atoms with Gasteiger partial charge in [-0.1, -0.05) is 42.0 Å². The van der Waals surface area contributed by atoms with Crippen LogP contribution >= 0.6 is 0 Å². The van der Waals surface area contributed by atoms with E-state index in [2.05, 4.69) is 6.08 Å². The third kappa shape index (κ3) is 3.20. The molecule has 1 aromatic carbocycles. The van der Waals surface area contributed by atoms with E-state index in [4.69, 9.17) is 9.84 Å². The first kappa shape index (κ1) is 12.8. The second-order valence-corrected chi connectivity index (χ2v) is 4.66. The highest BCUT2D eigenvalue weighted by Gasteiger charge is 2.44. The lowest BCUT2D eigenvalue weighted by Crippen LogP contribution is -2.02. The second kappa shape index (κ2) is 5.83. The summed E-state index contributed by atoms with van der Waals surface area (Å²) in [6, 6.07) is 10.0. The van der Waals surface area contributed by atoms with Crippen LogP contribution in [-0.2, 0) is 9.53 Å². The minimum Gasteiger partial charge on any atom is -0.481 e. The standard InChI is InChI=1S/C15H18O3/c1-18-8-7-12(13-10-14(13)15(16)17)9-11-5-3-2-4-6-11/h2-6,9,13-14H,7-8,10H2,1H3,(H,16,17)/b12-9+. The number of rotatable bonds is 6. The van der Waals surface area contributed by atoms with Crippen molar-refractivity contribution in [2.75, 3.05) is 13.7 Å². The minimum absolute atomic E-state index is 0.192. The van der Waals surface area contributed by atoms with Crippen LogP contribution in [-0.4, -0.2) is 24.8 Å². The van der Waals surface area contributed by atoms with E-state index >= 15 is 0 Å². The lowest BCUT2D eigenvalue weighted by atomic mass is 10.0. The van der Waals surface area contributed by atoms with Gasteiger partial charge in [-0.15, -0.1) is 0 Å². The van der Waals surface area contributed by atoms with Crippen molar-refractivity contribution in [2.45, 2.75) is 12.8 Å². The molecule has 0 amide bonds. The number of carboxylic acid groups (broad SMARTS) is 1. The number of benzene rings is 1. The molecule has 3 nitrogen and oxygen atoms in total. The van der Waals surface area contributed by atoms with Crippen molar-refractivity contribution in [3.8, 4) is 0 Å². The van der Waals surface area contributed by atoms with Crippen molar-refractivity contribution in [3.05, 3.63) is 41.5 Å². The highest BCUT2D eigenvalue weighted by atomic mass is 16.5. The molecule has 2 rings (SSSR count). The summed E-state index contributed by atoms with van der Waals surface area (Å²) in [6.07, 6.45) is 3.67. The zero-order valence-electron chi connectivity index (χ0n) is 10.5. The number of ether oxygens (including phenoxy) is 1. The fourth-order valence-electron chi connectivity index (χ4n) is 2.23. The Balaban J connectivity index is 2.11. The van der Waals surface area contributed by atoms with E-state index in [0.29, 0.717) is 6.61 Å². The molecule has 1 aliphatic rings. The normalized spacial score (nSPS) is 22.8. The maximum atomic E-state index is 10.9. The van der Waals surface area contributed by atoms with Crippen LogP contribution in [0.2, 0.25) is 0 Å². The van der Waals surface area contributed by atoms with E-state index < -0.39 is 5.97 Å². The first-order valence-corrected chi connectivity index (χ1v) is 6.19. The summed E-state index contributed by atoms with van der Waals surface area (Å²) in [7, 11) is 1.67. The average Bonchev–Trinajstić information content (AvgIpc) is 3.16. The Morgan fingerprint density at radius 2 is 2.11 bits per heavy atom. The average molecular weight is 246 g/mol. The molecule has 0 spiro atoms. The summed E-state index contributed by atoms with van der Waals surface area (Å²) in [5.74, 6) is -0.689. The molecule has 18 heavy (non-hydrogen) atoms. The van der Waals surface area contributed by atoms with Crippen molar-refractivity contribution in [2.24, 2.45) is 11.8 Å². The van der Waals surface area contributed by atoms with Gasteiger partial charge in [0.1, 0.15) is 0 Å². The van der Waals surface area contributed by atoms with Gasteiger partial charge in [-0.2, -0.15) is 0 Å². The largest absolute Gasteiger partial charge is 0.481 e. The number of hydrogen-bond donors (Lipinski definition) is 1. The van der Waals surface area contributed by atoms with Crippen LogP contribution in [0.15, 0.2) is 35.9 Å². The van der Waals surface area contributed by atoms with Crippen LogP contribution in [0.1, 0.15) is 18.4 Å². The van der Waals surface area contributed by atoms with E-state index in [1.807, 2.05) is 30.3 Å². The fraction of sp³-hybridized carbons (Fsp3) is 0.400. The number of hydrogen-bond acceptors (Lipinski definition) is 2. The zero-order chi connectivity index (χ0) is 13.0. The van der Waals surface area contributed by atoms with Crippen LogP contribution in [0.5, 0.6) is 0 Å². The van der Waals surface area contributed by atoms with Crippen LogP contribution in [0.4, 0.5) is 0 Å². The van der Waals surface area contributed by atoms with E-state index in [1.54, 1.807) is 7.11 Å². The Labute approximate surface area is 107 Å². The Hall–Kier alpha value is -1.61. The van der Waals surface area contributed by atoms with E-state index in [1.165, 1.54) is 5.57 Å². The molecule has 1 aromatic rings. The zero-order valence-corrected chi connectivity index (χ0v) is 10.5. The molecular formula is C15H18O3. The Bertz CT molecular complexity index is 436. The van der Waals surface area contributed by atoms with Gasteiger partial charge >= 0.3 is 5.97 Å². The Morgan fingerprint density at radius 3 is 2.67 bits per heavy atom. The van der Waals surface area contributed by atoms with E-state index in [0.717, 1.165) is 18.4 Å². The molecule has 96 valence electrons. The van der Waals surface area contributed by atoms with Crippen LogP contribution in [0.3, 0.4) is 0 Å². The molecule has 1 fully saturated rings. The molecule has 0 saturated heterocycles. The molecule has 1 N–H and O–H groups in total. The number of carbonyl (C=O) groups is 1. The lowest BCUT2D eigenvalue weighted by Gasteiger charge is -2.06. The summed E-state index contributed by atoms with van der Waals surface area (Å²) in [6.45, 7) is 0.640. The topological polar surface area (TPSA) is 46.5 Å². The number of carboxylic acids is 1. The highest BCUT2D eigenvalue weighted by Crippen LogP contribution is 2.46. The molecule has 2 atom stereocenters. The second-order valence-electron chi connectivity index (χ2n) is 4.66. The summed E-state index contributed by atoms with van der Waals surface area (Å²) in [5.41, 5.74) is 2.31. The molecule has 0 radical (unpaired) electrons. The summed E-state index contributed by atoms with van der Waals surface area (Å²) < 4.78 is 5.10. The first-order chi connectivity index (χ1) is 8.72. The molecule has 1 saturated carbocycles. The maximum Gasteiger partial charge on any atom is 0.307 e. The highest BCUT2D eigenvalue weighted by molar-refractivity contribution is 5.75. The van der Waals surface area contributed by atoms with Crippen LogP contribution in [0.25, 0.3) is 6.08 Å². The van der Waals surface area contributed by atoms with E-state index in [-0.39, 0.29) is 11.8 Å². The van der Waals surface area contributed by atoms with Gasteiger partial charge in [0.05, 0.1) is 5.92 Å². The molecule has 2 unspecified atom stereocenters. The van der Waals surface area contributed by atoms with Gasteiger partial charge < -0.3 is 9.84 Å². The fourth-order valence-corrected chi connectivity index (χ4v) is 2.23. The molecule has 0 bridgehead atoms. The third-order valence-electron chi connectivity index (χ3n) is 3.33. The van der Waals surface area contributed by atoms with Crippen molar-refractivity contribution in [1.29, 1.82) is 0 Å². The predicted molar refractivity (Wildman–Crippen MR) is 70.1 cm³/mol.